The fraction of sp³-hybridized carbons (Fsp3) is 0.350. The molecule has 2 aromatic carbocycles. The fourth-order valence-corrected chi connectivity index (χ4v) is 3.22. The fourth-order valence-electron chi connectivity index (χ4n) is 2.84. The molecule has 0 spiro atoms. The molecule has 1 atom stereocenters. The Morgan fingerprint density at radius 2 is 1.52 bits per heavy atom. The van der Waals surface area contributed by atoms with Gasteiger partial charge in [0.05, 0.1) is 12.1 Å². The Labute approximate surface area is 164 Å². The van der Waals surface area contributed by atoms with E-state index in [1.165, 1.54) is 0 Å². The first-order valence-electron chi connectivity index (χ1n) is 8.67. The van der Waals surface area contributed by atoms with E-state index in [9.17, 15) is 4.79 Å². The van der Waals surface area contributed by atoms with Crippen LogP contribution in [-0.2, 0) is 4.79 Å². The van der Waals surface area contributed by atoms with Crippen LogP contribution in [0.25, 0.3) is 0 Å². The van der Waals surface area contributed by atoms with Crippen LogP contribution in [0.15, 0.2) is 60.7 Å². The Kier molecular flexibility index (Phi) is 8.93. The van der Waals surface area contributed by atoms with Crippen LogP contribution in [0.5, 0.6) is 0 Å². The minimum atomic E-state index is -0.177. The zero-order chi connectivity index (χ0) is 17.9. The van der Waals surface area contributed by atoms with Crippen molar-refractivity contribution in [1.29, 1.82) is 0 Å². The minimum Gasteiger partial charge on any atom is -0.344 e. The van der Waals surface area contributed by atoms with Crippen LogP contribution in [0, 0.1) is 0 Å². The van der Waals surface area contributed by atoms with Gasteiger partial charge >= 0.3 is 0 Å². The summed E-state index contributed by atoms with van der Waals surface area (Å²) in [6.07, 6.45) is 2.91. The second-order valence-electron chi connectivity index (χ2n) is 5.98. The predicted molar refractivity (Wildman–Crippen MR) is 112 cm³/mol. The Hall–Kier alpha value is -1.44. The summed E-state index contributed by atoms with van der Waals surface area (Å²) in [6.45, 7) is 0.968. The van der Waals surface area contributed by atoms with Gasteiger partial charge in [-0.25, -0.2) is 0 Å². The summed E-state index contributed by atoms with van der Waals surface area (Å²) in [6, 6.07) is 19.9. The van der Waals surface area contributed by atoms with Crippen LogP contribution in [0.2, 0.25) is 0 Å². The van der Waals surface area contributed by atoms with E-state index in [0.717, 1.165) is 36.9 Å². The molecule has 0 bridgehead atoms. The molecule has 0 heterocycles. The predicted octanol–water partition coefficient (Wildman–Crippen LogP) is 3.59. The number of carbonyl (C=O) groups is 1. The normalized spacial score (nSPS) is 12.1. The molecule has 0 aliphatic rings. The molecule has 0 saturated heterocycles. The largest absolute Gasteiger partial charge is 0.344 e. The topological polar surface area (TPSA) is 53.2 Å². The van der Waals surface area contributed by atoms with Gasteiger partial charge in [-0.1, -0.05) is 67.1 Å². The molecular formula is C20H26IN3O. The molecule has 0 fully saturated rings. The van der Waals surface area contributed by atoms with Crippen LogP contribution in [-0.4, -0.2) is 25.5 Å². The van der Waals surface area contributed by atoms with Gasteiger partial charge in [-0.15, -0.1) is 0 Å². The Balaban J connectivity index is 2.09. The van der Waals surface area contributed by atoms with Crippen LogP contribution in [0.3, 0.4) is 0 Å². The van der Waals surface area contributed by atoms with Gasteiger partial charge < -0.3 is 10.6 Å². The number of unbranched alkanes of at least 4 members (excludes halogenated alkanes) is 1. The lowest BCUT2D eigenvalue weighted by Gasteiger charge is -2.23. The van der Waals surface area contributed by atoms with Crippen molar-refractivity contribution in [3.05, 3.63) is 71.8 Å². The number of halogens is 1. The van der Waals surface area contributed by atoms with Gasteiger partial charge in [0.25, 0.3) is 0 Å². The molecule has 0 saturated carbocycles. The molecule has 25 heavy (non-hydrogen) atoms. The monoisotopic (exact) mass is 451 g/mol. The summed E-state index contributed by atoms with van der Waals surface area (Å²) in [5.74, 6) is 0.0441. The van der Waals surface area contributed by atoms with E-state index >= 15 is 0 Å². The summed E-state index contributed by atoms with van der Waals surface area (Å²) in [4.78, 5) is 12.8. The molecule has 0 aliphatic heterocycles. The molecule has 3 N–H and O–H groups in total. The number of likely N-dealkylation sites (N-methyl/N-ethyl adjacent to an activating group) is 1. The highest BCUT2D eigenvalue weighted by Crippen LogP contribution is 2.22. The third kappa shape index (κ3) is 6.41. The maximum Gasteiger partial charge on any atom is 0.237 e. The number of amides is 1. The average Bonchev–Trinajstić information content (AvgIpc) is 2.67. The zero-order valence-electron chi connectivity index (χ0n) is 14.5. The highest BCUT2D eigenvalue weighted by atomic mass is 127. The minimum absolute atomic E-state index is 0.0441. The van der Waals surface area contributed by atoms with Crippen molar-refractivity contribution in [2.75, 3.05) is 13.6 Å². The van der Waals surface area contributed by atoms with Gasteiger partial charge in [0.15, 0.2) is 0 Å². The maximum absolute atomic E-state index is 12.8. The molecule has 0 aliphatic carbocycles. The van der Waals surface area contributed by atoms with Gasteiger partial charge in [0, 0.05) is 29.4 Å². The summed E-state index contributed by atoms with van der Waals surface area (Å²) in [5.41, 5.74) is 2.18. The Bertz CT molecular complexity index is 582. The van der Waals surface area contributed by atoms with Crippen molar-refractivity contribution in [3.63, 3.8) is 0 Å². The highest BCUT2D eigenvalue weighted by molar-refractivity contribution is 14.1. The van der Waals surface area contributed by atoms with Crippen molar-refractivity contribution >= 4 is 28.8 Å². The van der Waals surface area contributed by atoms with Gasteiger partial charge in [-0.3, -0.25) is 8.32 Å². The molecule has 5 heteroatoms. The second-order valence-corrected chi connectivity index (χ2v) is 6.75. The van der Waals surface area contributed by atoms with Gasteiger partial charge in [-0.2, -0.15) is 0 Å². The van der Waals surface area contributed by atoms with Crippen molar-refractivity contribution in [2.45, 2.75) is 31.3 Å². The lowest BCUT2D eigenvalue weighted by atomic mass is 9.98. The van der Waals surface area contributed by atoms with E-state index < -0.39 is 0 Å². The van der Waals surface area contributed by atoms with Gasteiger partial charge in [-0.05, 0) is 31.0 Å². The van der Waals surface area contributed by atoms with E-state index in [2.05, 4.69) is 61.3 Å². The molecule has 4 nitrogen and oxygen atoms in total. The number of rotatable bonds is 10. The van der Waals surface area contributed by atoms with E-state index in [1.54, 1.807) is 0 Å². The third-order valence-electron chi connectivity index (χ3n) is 4.23. The van der Waals surface area contributed by atoms with Gasteiger partial charge in [0.2, 0.25) is 5.91 Å². The van der Waals surface area contributed by atoms with E-state index in [1.807, 2.05) is 43.4 Å². The summed E-state index contributed by atoms with van der Waals surface area (Å²) in [7, 11) is 1.85. The van der Waals surface area contributed by atoms with Crippen molar-refractivity contribution in [2.24, 2.45) is 0 Å². The van der Waals surface area contributed by atoms with E-state index in [4.69, 9.17) is 0 Å². The molecule has 1 amide bonds. The van der Waals surface area contributed by atoms with Crippen molar-refractivity contribution < 1.29 is 4.79 Å². The smallest absolute Gasteiger partial charge is 0.237 e. The zero-order valence-corrected chi connectivity index (χ0v) is 16.7. The summed E-state index contributed by atoms with van der Waals surface area (Å²) in [5, 5.41) is 6.38. The first kappa shape index (κ1) is 19.9. The average molecular weight is 451 g/mol. The summed E-state index contributed by atoms with van der Waals surface area (Å²) >= 11 is 2.15. The molecule has 0 aromatic heterocycles. The van der Waals surface area contributed by atoms with E-state index in [-0.39, 0.29) is 18.0 Å². The van der Waals surface area contributed by atoms with Crippen LogP contribution in [0.1, 0.15) is 36.4 Å². The lowest BCUT2D eigenvalue weighted by Crippen LogP contribution is -2.44. The van der Waals surface area contributed by atoms with Crippen LogP contribution < -0.4 is 14.2 Å². The molecule has 0 radical (unpaired) electrons. The molecule has 134 valence electrons. The highest BCUT2D eigenvalue weighted by Gasteiger charge is 2.21. The number of nitrogens with one attached hydrogen (secondary N) is 3. The number of carbonyl (C=O) groups excluding carboxylic acids is 1. The Morgan fingerprint density at radius 1 is 0.960 bits per heavy atom. The van der Waals surface area contributed by atoms with Gasteiger partial charge in [0.1, 0.15) is 0 Å². The summed E-state index contributed by atoms with van der Waals surface area (Å²) < 4.78 is 3.11. The molecule has 1 unspecified atom stereocenters. The Morgan fingerprint density at radius 3 is 2.00 bits per heavy atom. The number of benzene rings is 2. The maximum atomic E-state index is 12.8. The SMILES string of the molecule is CNC(CCCCNI)C(=O)NC(c1ccccc1)c1ccccc1. The molecular weight excluding hydrogens is 425 g/mol. The van der Waals surface area contributed by atoms with Crippen LogP contribution in [0.4, 0.5) is 0 Å². The van der Waals surface area contributed by atoms with E-state index in [0.29, 0.717) is 0 Å². The molecule has 2 aromatic rings. The number of hydrogen-bond acceptors (Lipinski definition) is 3. The standard InChI is InChI=1S/C20H26IN3O/c1-22-18(14-8-9-15-23-21)20(25)24-19(16-10-4-2-5-11-16)17-12-6-3-7-13-17/h2-7,10-13,18-19,22-23H,8-9,14-15H2,1H3,(H,24,25). The molecule has 2 rings (SSSR count). The van der Waals surface area contributed by atoms with Crippen molar-refractivity contribution in [3.8, 4) is 0 Å². The first-order chi connectivity index (χ1) is 12.3. The third-order valence-corrected chi connectivity index (χ3v) is 4.77. The van der Waals surface area contributed by atoms with Crippen LogP contribution >= 0.6 is 22.9 Å². The quantitative estimate of drug-likeness (QED) is 0.294. The van der Waals surface area contributed by atoms with Crippen molar-refractivity contribution in [1.82, 2.24) is 14.2 Å². The first-order valence-corrected chi connectivity index (χ1v) is 9.75. The number of hydrogen-bond donors (Lipinski definition) is 3. The second kappa shape index (κ2) is 11.2. The lowest BCUT2D eigenvalue weighted by molar-refractivity contribution is -0.123.